The summed E-state index contributed by atoms with van der Waals surface area (Å²) in [5, 5.41) is 0. The number of allylic oxidation sites excluding steroid dienone is 1. The van der Waals surface area contributed by atoms with Crippen LogP contribution in [0.1, 0.15) is 12.8 Å². The first kappa shape index (κ1) is 14.7. The second kappa shape index (κ2) is 7.14. The third kappa shape index (κ3) is 4.47. The minimum Gasteiger partial charge on any atom is -0.424 e. The highest BCUT2D eigenvalue weighted by atomic mass is 127. The molecule has 1 rings (SSSR count). The fraction of sp³-hybridized carbons (Fsp3) is 0.182. The van der Waals surface area contributed by atoms with E-state index in [1.165, 1.54) is 0 Å². The summed E-state index contributed by atoms with van der Waals surface area (Å²) in [7, 11) is 0. The van der Waals surface area contributed by atoms with Gasteiger partial charge in [0.05, 0.1) is 7.14 Å². The summed E-state index contributed by atoms with van der Waals surface area (Å²) in [5.41, 5.74) is 0. The van der Waals surface area contributed by atoms with Crippen LogP contribution in [-0.2, 0) is 4.79 Å². The molecule has 0 radical (unpaired) electrons. The third-order valence-corrected chi connectivity index (χ3v) is 3.96. The van der Waals surface area contributed by atoms with Crippen molar-refractivity contribution < 1.29 is 9.53 Å². The van der Waals surface area contributed by atoms with Crippen molar-refractivity contribution >= 4 is 73.7 Å². The topological polar surface area (TPSA) is 26.3 Å². The van der Waals surface area contributed by atoms with E-state index in [1.807, 2.05) is 12.1 Å². The molecule has 1 aromatic carbocycles. The van der Waals surface area contributed by atoms with E-state index in [2.05, 4.69) is 74.4 Å². The van der Waals surface area contributed by atoms with Gasteiger partial charge in [0.1, 0.15) is 0 Å². The molecule has 86 valence electrons. The summed E-state index contributed by atoms with van der Waals surface area (Å²) in [4.78, 5) is 11.5. The van der Waals surface area contributed by atoms with Crippen LogP contribution in [0.2, 0.25) is 0 Å². The molecule has 2 nitrogen and oxygen atoms in total. The Hall–Kier alpha value is 0.620. The van der Waals surface area contributed by atoms with E-state index in [0.717, 1.165) is 10.7 Å². The minimum absolute atomic E-state index is 0.211. The average Bonchev–Trinajstić information content (AvgIpc) is 2.20. The highest BCUT2D eigenvalue weighted by molar-refractivity contribution is 14.1. The van der Waals surface area contributed by atoms with E-state index in [0.29, 0.717) is 18.6 Å². The van der Waals surface area contributed by atoms with Gasteiger partial charge in [0.15, 0.2) is 5.75 Å². The quantitative estimate of drug-likeness (QED) is 0.240. The van der Waals surface area contributed by atoms with Crippen LogP contribution in [0.25, 0.3) is 0 Å². The molecule has 0 aliphatic heterocycles. The van der Waals surface area contributed by atoms with Gasteiger partial charge in [-0.1, -0.05) is 6.08 Å². The predicted octanol–water partition coefficient (Wildman–Crippen LogP) is 4.37. The maximum Gasteiger partial charge on any atom is 0.311 e. The van der Waals surface area contributed by atoms with Crippen molar-refractivity contribution in [3.8, 4) is 5.75 Å². The van der Waals surface area contributed by atoms with Gasteiger partial charge >= 0.3 is 5.97 Å². The average molecular weight is 554 g/mol. The molecule has 0 N–H and O–H groups in total. The number of ether oxygens (including phenoxy) is 1. The highest BCUT2D eigenvalue weighted by Gasteiger charge is 2.12. The van der Waals surface area contributed by atoms with E-state index in [4.69, 9.17) is 4.74 Å². The van der Waals surface area contributed by atoms with Crippen molar-refractivity contribution in [2.45, 2.75) is 12.8 Å². The molecule has 0 atom stereocenters. The number of benzene rings is 1. The SMILES string of the molecule is C=CCCC(=O)Oc1c(I)cc(I)cc1I. The molecule has 0 fully saturated rings. The molecule has 0 spiro atoms. The molecule has 0 aliphatic carbocycles. The van der Waals surface area contributed by atoms with Gasteiger partial charge < -0.3 is 4.74 Å². The predicted molar refractivity (Wildman–Crippen MR) is 89.7 cm³/mol. The molecule has 0 aliphatic rings. The van der Waals surface area contributed by atoms with Gasteiger partial charge in [-0.3, -0.25) is 4.79 Å². The van der Waals surface area contributed by atoms with Gasteiger partial charge in [-0.2, -0.15) is 0 Å². The summed E-state index contributed by atoms with van der Waals surface area (Å²) in [6.07, 6.45) is 2.74. The van der Waals surface area contributed by atoms with E-state index in [-0.39, 0.29) is 5.97 Å². The van der Waals surface area contributed by atoms with E-state index < -0.39 is 0 Å². The van der Waals surface area contributed by atoms with Crippen molar-refractivity contribution in [3.05, 3.63) is 35.5 Å². The van der Waals surface area contributed by atoms with Gasteiger partial charge in [-0.15, -0.1) is 6.58 Å². The molecule has 0 amide bonds. The van der Waals surface area contributed by atoms with Crippen LogP contribution in [-0.4, -0.2) is 5.97 Å². The number of esters is 1. The smallest absolute Gasteiger partial charge is 0.311 e. The summed E-state index contributed by atoms with van der Waals surface area (Å²) < 4.78 is 8.38. The zero-order chi connectivity index (χ0) is 12.1. The lowest BCUT2D eigenvalue weighted by Crippen LogP contribution is -2.09. The van der Waals surface area contributed by atoms with Crippen molar-refractivity contribution in [1.29, 1.82) is 0 Å². The summed E-state index contributed by atoms with van der Waals surface area (Å²) in [6.45, 7) is 3.57. The van der Waals surface area contributed by atoms with Crippen molar-refractivity contribution in [3.63, 3.8) is 0 Å². The summed E-state index contributed by atoms with van der Waals surface area (Å²) >= 11 is 6.59. The molecule has 0 bridgehead atoms. The molecule has 16 heavy (non-hydrogen) atoms. The van der Waals surface area contributed by atoms with Crippen LogP contribution in [0.4, 0.5) is 0 Å². The van der Waals surface area contributed by atoms with E-state index in [1.54, 1.807) is 6.08 Å². The first-order valence-electron chi connectivity index (χ1n) is 4.50. The van der Waals surface area contributed by atoms with Crippen LogP contribution in [0.3, 0.4) is 0 Å². The van der Waals surface area contributed by atoms with Crippen LogP contribution in [0.15, 0.2) is 24.8 Å². The second-order valence-electron chi connectivity index (χ2n) is 3.00. The molecule has 0 saturated heterocycles. The number of halogens is 3. The normalized spacial score (nSPS) is 9.94. The molecule has 0 unspecified atom stereocenters. The Labute approximate surface area is 136 Å². The Bertz CT molecular complexity index is 393. The zero-order valence-corrected chi connectivity index (χ0v) is 14.8. The molecule has 0 aromatic heterocycles. The van der Waals surface area contributed by atoms with Crippen molar-refractivity contribution in [2.24, 2.45) is 0 Å². The van der Waals surface area contributed by atoms with E-state index >= 15 is 0 Å². The Morgan fingerprint density at radius 1 is 1.31 bits per heavy atom. The second-order valence-corrected chi connectivity index (χ2v) is 6.57. The summed E-state index contributed by atoms with van der Waals surface area (Å²) in [6, 6.07) is 3.97. The van der Waals surface area contributed by atoms with Gasteiger partial charge in [-0.25, -0.2) is 0 Å². The molecule has 5 heteroatoms. The monoisotopic (exact) mass is 554 g/mol. The summed E-state index contributed by atoms with van der Waals surface area (Å²) in [5.74, 6) is 0.451. The number of hydrogen-bond donors (Lipinski definition) is 0. The van der Waals surface area contributed by atoms with Gasteiger partial charge in [0.2, 0.25) is 0 Å². The first-order valence-corrected chi connectivity index (χ1v) is 7.74. The third-order valence-electron chi connectivity index (χ3n) is 1.73. The first-order chi connectivity index (χ1) is 7.54. The molecule has 1 aromatic rings. The Balaban J connectivity index is 2.81. The van der Waals surface area contributed by atoms with Crippen LogP contribution < -0.4 is 4.74 Å². The zero-order valence-electron chi connectivity index (χ0n) is 8.30. The van der Waals surface area contributed by atoms with Crippen molar-refractivity contribution in [2.75, 3.05) is 0 Å². The fourth-order valence-electron chi connectivity index (χ4n) is 1.01. The molecular weight excluding hydrogens is 545 g/mol. The largest absolute Gasteiger partial charge is 0.424 e. The number of rotatable bonds is 4. The van der Waals surface area contributed by atoms with Gasteiger partial charge in [0, 0.05) is 9.99 Å². The van der Waals surface area contributed by atoms with Crippen LogP contribution in [0, 0.1) is 10.7 Å². The maximum absolute atomic E-state index is 11.5. The van der Waals surface area contributed by atoms with Crippen molar-refractivity contribution in [1.82, 2.24) is 0 Å². The number of hydrogen-bond acceptors (Lipinski definition) is 2. The number of carbonyl (C=O) groups excluding carboxylic acids is 1. The van der Waals surface area contributed by atoms with Gasteiger partial charge in [-0.05, 0) is 86.3 Å². The molecular formula is C11H9I3O2. The Morgan fingerprint density at radius 2 is 1.88 bits per heavy atom. The lowest BCUT2D eigenvalue weighted by Gasteiger charge is -2.08. The number of carbonyl (C=O) groups is 1. The van der Waals surface area contributed by atoms with Crippen LogP contribution >= 0.6 is 67.8 Å². The van der Waals surface area contributed by atoms with Crippen LogP contribution in [0.5, 0.6) is 5.75 Å². The lowest BCUT2D eigenvalue weighted by molar-refractivity contribution is -0.134. The lowest BCUT2D eigenvalue weighted by atomic mass is 10.3. The Morgan fingerprint density at radius 3 is 2.38 bits per heavy atom. The van der Waals surface area contributed by atoms with Gasteiger partial charge in [0.25, 0.3) is 0 Å². The minimum atomic E-state index is -0.211. The maximum atomic E-state index is 11.5. The standard InChI is InChI=1S/C11H9I3O2/c1-2-3-4-10(15)16-11-8(13)5-7(12)6-9(11)14/h2,5-6H,1,3-4H2. The Kier molecular flexibility index (Phi) is 6.55. The molecule has 0 heterocycles. The van der Waals surface area contributed by atoms with E-state index in [9.17, 15) is 4.79 Å². The molecule has 0 saturated carbocycles. The fourth-order valence-corrected chi connectivity index (χ4v) is 4.81. The highest BCUT2D eigenvalue weighted by Crippen LogP contribution is 2.29.